The molecule has 2 rings (SSSR count). The van der Waals surface area contributed by atoms with Gasteiger partial charge in [-0.1, -0.05) is 0 Å². The van der Waals surface area contributed by atoms with E-state index in [9.17, 15) is 4.39 Å². The Kier molecular flexibility index (Phi) is 3.80. The molecule has 0 aliphatic carbocycles. The van der Waals surface area contributed by atoms with Gasteiger partial charge in [0.15, 0.2) is 0 Å². The number of nitrogens with zero attached hydrogens (tertiary/aromatic N) is 1. The van der Waals surface area contributed by atoms with Gasteiger partial charge in [-0.05, 0) is 18.2 Å². The van der Waals surface area contributed by atoms with Crippen LogP contribution < -0.4 is 10.1 Å². The van der Waals surface area contributed by atoms with Gasteiger partial charge < -0.3 is 10.1 Å². The summed E-state index contributed by atoms with van der Waals surface area (Å²) >= 11 is 1.51. The molecule has 1 N–H and O–H groups in total. The van der Waals surface area contributed by atoms with E-state index < -0.39 is 0 Å². The van der Waals surface area contributed by atoms with Crippen molar-refractivity contribution in [3.63, 3.8) is 0 Å². The summed E-state index contributed by atoms with van der Waals surface area (Å²) in [5.74, 6) is 0.132. The molecule has 0 amide bonds. The number of rotatable bonds is 4. The molecule has 0 aliphatic rings. The first kappa shape index (κ1) is 12.4. The van der Waals surface area contributed by atoms with Gasteiger partial charge in [0.2, 0.25) is 0 Å². The van der Waals surface area contributed by atoms with Crippen LogP contribution in [0.1, 0.15) is 10.4 Å². The standard InChI is InChI=1S/C13H11FN2OS/c1-17-13-5-10(14)2-3-12(13)16-7-11-4-9(6-15)8-18-11/h2-5,8,16H,7H2,1H3. The minimum Gasteiger partial charge on any atom is -0.494 e. The lowest BCUT2D eigenvalue weighted by atomic mass is 10.2. The summed E-state index contributed by atoms with van der Waals surface area (Å²) in [5, 5.41) is 13.7. The first-order valence-corrected chi connectivity index (χ1v) is 6.16. The fraction of sp³-hybridized carbons (Fsp3) is 0.154. The molecule has 0 spiro atoms. The highest BCUT2D eigenvalue weighted by Gasteiger charge is 2.05. The van der Waals surface area contributed by atoms with E-state index in [4.69, 9.17) is 10.00 Å². The normalized spacial score (nSPS) is 9.83. The zero-order valence-corrected chi connectivity index (χ0v) is 10.6. The fourth-order valence-electron chi connectivity index (χ4n) is 1.53. The topological polar surface area (TPSA) is 45.0 Å². The highest BCUT2D eigenvalue weighted by Crippen LogP contribution is 2.26. The van der Waals surface area contributed by atoms with Crippen LogP contribution in [-0.4, -0.2) is 7.11 Å². The molecule has 2 aromatic rings. The second-order valence-electron chi connectivity index (χ2n) is 3.61. The maximum Gasteiger partial charge on any atom is 0.144 e. The molecule has 5 heteroatoms. The predicted octanol–water partition coefficient (Wildman–Crippen LogP) is 3.38. The largest absolute Gasteiger partial charge is 0.494 e. The Bertz CT molecular complexity index is 589. The van der Waals surface area contributed by atoms with Gasteiger partial charge in [0, 0.05) is 22.9 Å². The summed E-state index contributed by atoms with van der Waals surface area (Å²) in [6.07, 6.45) is 0. The molecule has 92 valence electrons. The minimum absolute atomic E-state index is 0.333. The van der Waals surface area contributed by atoms with E-state index in [-0.39, 0.29) is 5.82 Å². The van der Waals surface area contributed by atoms with Gasteiger partial charge in [0.25, 0.3) is 0 Å². The Labute approximate surface area is 108 Å². The number of methoxy groups -OCH3 is 1. The number of anilines is 1. The molecule has 1 aromatic heterocycles. The van der Waals surface area contributed by atoms with Crippen LogP contribution >= 0.6 is 11.3 Å². The quantitative estimate of drug-likeness (QED) is 0.918. The molecule has 0 saturated heterocycles. The maximum atomic E-state index is 13.0. The Morgan fingerprint density at radius 1 is 1.44 bits per heavy atom. The number of nitriles is 1. The lowest BCUT2D eigenvalue weighted by molar-refractivity contribution is 0.413. The number of ether oxygens (including phenoxy) is 1. The molecule has 18 heavy (non-hydrogen) atoms. The zero-order valence-electron chi connectivity index (χ0n) is 9.74. The summed E-state index contributed by atoms with van der Waals surface area (Å²) < 4.78 is 18.1. The highest BCUT2D eigenvalue weighted by molar-refractivity contribution is 7.10. The lowest BCUT2D eigenvalue weighted by Crippen LogP contribution is -2.00. The summed E-state index contributed by atoms with van der Waals surface area (Å²) in [5.41, 5.74) is 1.38. The monoisotopic (exact) mass is 262 g/mol. The molecule has 0 aliphatic heterocycles. The Morgan fingerprint density at radius 3 is 2.94 bits per heavy atom. The lowest BCUT2D eigenvalue weighted by Gasteiger charge is -2.10. The maximum absolute atomic E-state index is 13.0. The van der Waals surface area contributed by atoms with Crippen LogP contribution in [-0.2, 0) is 6.54 Å². The van der Waals surface area contributed by atoms with Crippen molar-refractivity contribution in [2.75, 3.05) is 12.4 Å². The third-order valence-electron chi connectivity index (χ3n) is 2.40. The average Bonchev–Trinajstić information content (AvgIpc) is 2.85. The molecular weight excluding hydrogens is 251 g/mol. The summed E-state index contributed by atoms with van der Waals surface area (Å²) in [7, 11) is 1.50. The second-order valence-corrected chi connectivity index (χ2v) is 4.61. The van der Waals surface area contributed by atoms with E-state index in [2.05, 4.69) is 11.4 Å². The summed E-state index contributed by atoms with van der Waals surface area (Å²) in [6, 6.07) is 8.25. The molecule has 1 aromatic carbocycles. The van der Waals surface area contributed by atoms with Crippen LogP contribution in [0.2, 0.25) is 0 Å². The molecule has 1 heterocycles. The van der Waals surface area contributed by atoms with Gasteiger partial charge in [0.05, 0.1) is 18.4 Å². The summed E-state index contributed by atoms with van der Waals surface area (Å²) in [4.78, 5) is 1.04. The number of benzene rings is 1. The van der Waals surface area contributed by atoms with Crippen molar-refractivity contribution >= 4 is 17.0 Å². The van der Waals surface area contributed by atoms with Crippen LogP contribution in [0.15, 0.2) is 29.6 Å². The van der Waals surface area contributed by atoms with Gasteiger partial charge in [0.1, 0.15) is 17.6 Å². The number of nitrogens with one attached hydrogen (secondary N) is 1. The second kappa shape index (κ2) is 5.52. The van der Waals surface area contributed by atoms with E-state index in [1.165, 1.54) is 30.6 Å². The van der Waals surface area contributed by atoms with Crippen molar-refractivity contribution in [1.29, 1.82) is 5.26 Å². The van der Waals surface area contributed by atoms with Crippen molar-refractivity contribution in [3.05, 3.63) is 45.9 Å². The Hall–Kier alpha value is -2.06. The zero-order chi connectivity index (χ0) is 13.0. The molecule has 0 unspecified atom stereocenters. The molecular formula is C13H11FN2OS. The van der Waals surface area contributed by atoms with Crippen molar-refractivity contribution in [2.45, 2.75) is 6.54 Å². The first-order valence-electron chi connectivity index (χ1n) is 5.28. The van der Waals surface area contributed by atoms with E-state index in [0.717, 1.165) is 10.6 Å². The van der Waals surface area contributed by atoms with E-state index >= 15 is 0 Å². The van der Waals surface area contributed by atoms with E-state index in [0.29, 0.717) is 17.9 Å². The van der Waals surface area contributed by atoms with Crippen molar-refractivity contribution in [2.24, 2.45) is 0 Å². The van der Waals surface area contributed by atoms with Crippen LogP contribution in [0.5, 0.6) is 5.75 Å². The van der Waals surface area contributed by atoms with Gasteiger partial charge in [-0.15, -0.1) is 11.3 Å². The van der Waals surface area contributed by atoms with E-state index in [1.54, 1.807) is 11.4 Å². The molecule has 3 nitrogen and oxygen atoms in total. The van der Waals surface area contributed by atoms with Gasteiger partial charge in [-0.2, -0.15) is 5.26 Å². The van der Waals surface area contributed by atoms with Crippen molar-refractivity contribution < 1.29 is 9.13 Å². The van der Waals surface area contributed by atoms with Crippen molar-refractivity contribution in [1.82, 2.24) is 0 Å². The van der Waals surface area contributed by atoms with Crippen molar-refractivity contribution in [3.8, 4) is 11.8 Å². The summed E-state index contributed by atoms with van der Waals surface area (Å²) in [6.45, 7) is 0.578. The van der Waals surface area contributed by atoms with Crippen LogP contribution in [0.25, 0.3) is 0 Å². The van der Waals surface area contributed by atoms with Gasteiger partial charge in [-0.25, -0.2) is 4.39 Å². The molecule has 0 bridgehead atoms. The average molecular weight is 262 g/mol. The Balaban J connectivity index is 2.08. The highest BCUT2D eigenvalue weighted by atomic mass is 32.1. The van der Waals surface area contributed by atoms with Crippen LogP contribution in [0, 0.1) is 17.1 Å². The fourth-order valence-corrected chi connectivity index (χ4v) is 2.28. The first-order chi connectivity index (χ1) is 8.72. The van der Waals surface area contributed by atoms with E-state index in [1.807, 2.05) is 6.07 Å². The molecule has 0 radical (unpaired) electrons. The third kappa shape index (κ3) is 2.79. The SMILES string of the molecule is COc1cc(F)ccc1NCc1cc(C#N)cs1. The molecule has 0 saturated carbocycles. The van der Waals surface area contributed by atoms with Crippen LogP contribution in [0.3, 0.4) is 0 Å². The van der Waals surface area contributed by atoms with Crippen LogP contribution in [0.4, 0.5) is 10.1 Å². The van der Waals surface area contributed by atoms with Gasteiger partial charge >= 0.3 is 0 Å². The minimum atomic E-state index is -0.333. The molecule has 0 atom stereocenters. The van der Waals surface area contributed by atoms with Gasteiger partial charge in [-0.3, -0.25) is 0 Å². The number of hydrogen-bond donors (Lipinski definition) is 1. The molecule has 0 fully saturated rings. The smallest absolute Gasteiger partial charge is 0.144 e. The third-order valence-corrected chi connectivity index (χ3v) is 3.34. The Morgan fingerprint density at radius 2 is 2.28 bits per heavy atom. The predicted molar refractivity (Wildman–Crippen MR) is 69.3 cm³/mol. The number of hydrogen-bond acceptors (Lipinski definition) is 4. The number of halogens is 1. The number of thiophene rings is 1.